The third kappa shape index (κ3) is 1.62. The van der Waals surface area contributed by atoms with Crippen molar-refractivity contribution >= 4 is 5.69 Å². The van der Waals surface area contributed by atoms with Crippen LogP contribution in [0.15, 0.2) is 48.5 Å². The lowest BCUT2D eigenvalue weighted by Gasteiger charge is -2.30. The van der Waals surface area contributed by atoms with Gasteiger partial charge in [-0.05, 0) is 25.2 Å². The predicted molar refractivity (Wildman–Crippen MR) is 79.0 cm³/mol. The fourth-order valence-corrected chi connectivity index (χ4v) is 3.13. The molecule has 2 N–H and O–H groups in total. The number of benzene rings is 2. The van der Waals surface area contributed by atoms with Crippen molar-refractivity contribution in [3.05, 3.63) is 54.1 Å². The molecule has 0 spiro atoms. The van der Waals surface area contributed by atoms with Crippen molar-refractivity contribution in [2.45, 2.75) is 12.3 Å². The highest BCUT2D eigenvalue weighted by atomic mass is 16.5. The van der Waals surface area contributed by atoms with Gasteiger partial charge >= 0.3 is 0 Å². The largest absolute Gasteiger partial charge is 0.455 e. The summed E-state index contributed by atoms with van der Waals surface area (Å²) in [5, 5.41) is 6.84. The third-order valence-electron chi connectivity index (χ3n) is 4.03. The molecule has 4 rings (SSSR count). The lowest BCUT2D eigenvalue weighted by Crippen LogP contribution is -2.46. The standard InChI is InChI=1S/C16H17N3O/c1-17-16-18-10-13-11-6-2-4-8-14(11)20-15-9-5-3-7-12(15)19(13)16/h2-9,13,16-18H,10H2,1H3. The summed E-state index contributed by atoms with van der Waals surface area (Å²) >= 11 is 0. The normalized spacial score (nSPS) is 23.4. The molecule has 0 saturated carbocycles. The van der Waals surface area contributed by atoms with Crippen LogP contribution in [0, 0.1) is 0 Å². The van der Waals surface area contributed by atoms with Crippen molar-refractivity contribution in [1.29, 1.82) is 0 Å². The summed E-state index contributed by atoms with van der Waals surface area (Å²) < 4.78 is 6.13. The number of anilines is 1. The van der Waals surface area contributed by atoms with Crippen molar-refractivity contribution in [1.82, 2.24) is 10.6 Å². The minimum atomic E-state index is 0.121. The van der Waals surface area contributed by atoms with E-state index in [1.807, 2.05) is 31.3 Å². The summed E-state index contributed by atoms with van der Waals surface area (Å²) in [4.78, 5) is 2.36. The molecule has 0 aliphatic carbocycles. The highest BCUT2D eigenvalue weighted by molar-refractivity contribution is 5.65. The van der Waals surface area contributed by atoms with Gasteiger partial charge in [0.2, 0.25) is 0 Å². The Hall–Kier alpha value is -2.04. The van der Waals surface area contributed by atoms with Crippen LogP contribution in [-0.2, 0) is 0 Å². The molecular formula is C16H17N3O. The van der Waals surface area contributed by atoms with E-state index in [1.54, 1.807) is 0 Å². The van der Waals surface area contributed by atoms with Gasteiger partial charge in [-0.2, -0.15) is 0 Å². The van der Waals surface area contributed by atoms with Crippen LogP contribution in [0.4, 0.5) is 5.69 Å². The lowest BCUT2D eigenvalue weighted by molar-refractivity contribution is 0.477. The summed E-state index contributed by atoms with van der Waals surface area (Å²) in [5.74, 6) is 1.86. The average Bonchev–Trinajstić information content (AvgIpc) is 2.86. The first kappa shape index (κ1) is 11.8. The number of ether oxygens (including phenoxy) is 1. The molecule has 4 heteroatoms. The van der Waals surface area contributed by atoms with Gasteiger partial charge in [0.15, 0.2) is 5.75 Å². The topological polar surface area (TPSA) is 36.5 Å². The molecule has 1 saturated heterocycles. The number of para-hydroxylation sites is 3. The Morgan fingerprint density at radius 2 is 1.85 bits per heavy atom. The number of nitrogens with zero attached hydrogens (tertiary/aromatic N) is 1. The Morgan fingerprint density at radius 3 is 2.70 bits per heavy atom. The molecule has 2 atom stereocenters. The van der Waals surface area contributed by atoms with Crippen LogP contribution in [0.25, 0.3) is 0 Å². The Labute approximate surface area is 118 Å². The van der Waals surface area contributed by atoms with Crippen LogP contribution in [0.1, 0.15) is 11.6 Å². The minimum Gasteiger partial charge on any atom is -0.455 e. The van der Waals surface area contributed by atoms with Gasteiger partial charge in [-0.15, -0.1) is 0 Å². The minimum absolute atomic E-state index is 0.121. The smallest absolute Gasteiger partial charge is 0.150 e. The van der Waals surface area contributed by atoms with Crippen molar-refractivity contribution in [3.8, 4) is 11.5 Å². The van der Waals surface area contributed by atoms with Gasteiger partial charge in [0.05, 0.1) is 11.7 Å². The molecule has 0 radical (unpaired) electrons. The molecule has 2 aromatic carbocycles. The molecule has 0 aromatic heterocycles. The second kappa shape index (κ2) is 4.51. The zero-order valence-corrected chi connectivity index (χ0v) is 11.3. The van der Waals surface area contributed by atoms with Gasteiger partial charge in [0.25, 0.3) is 0 Å². The van der Waals surface area contributed by atoms with E-state index in [-0.39, 0.29) is 12.3 Å². The number of hydrogen-bond acceptors (Lipinski definition) is 4. The number of nitrogens with one attached hydrogen (secondary N) is 2. The van der Waals surface area contributed by atoms with E-state index in [4.69, 9.17) is 4.74 Å². The van der Waals surface area contributed by atoms with E-state index in [2.05, 4.69) is 39.8 Å². The average molecular weight is 267 g/mol. The van der Waals surface area contributed by atoms with Crippen LogP contribution in [0.3, 0.4) is 0 Å². The van der Waals surface area contributed by atoms with E-state index in [0.717, 1.165) is 23.7 Å². The number of fused-ring (bicyclic) bond motifs is 5. The molecule has 1 fully saturated rings. The molecular weight excluding hydrogens is 250 g/mol. The quantitative estimate of drug-likeness (QED) is 0.832. The van der Waals surface area contributed by atoms with Gasteiger partial charge in [-0.1, -0.05) is 30.3 Å². The van der Waals surface area contributed by atoms with Crippen LogP contribution in [0.5, 0.6) is 11.5 Å². The maximum atomic E-state index is 6.13. The van der Waals surface area contributed by atoms with E-state index < -0.39 is 0 Å². The summed E-state index contributed by atoms with van der Waals surface area (Å²) in [6.45, 7) is 0.903. The second-order valence-corrected chi connectivity index (χ2v) is 5.13. The van der Waals surface area contributed by atoms with Gasteiger partial charge in [-0.25, -0.2) is 0 Å². The fraction of sp³-hybridized carbons (Fsp3) is 0.250. The van der Waals surface area contributed by atoms with Crippen molar-refractivity contribution in [3.63, 3.8) is 0 Å². The summed E-state index contributed by atoms with van der Waals surface area (Å²) in [5.41, 5.74) is 2.35. The first-order valence-corrected chi connectivity index (χ1v) is 6.93. The molecule has 2 heterocycles. The third-order valence-corrected chi connectivity index (χ3v) is 4.03. The van der Waals surface area contributed by atoms with Crippen LogP contribution >= 0.6 is 0 Å². The van der Waals surface area contributed by atoms with Crippen LogP contribution in [-0.4, -0.2) is 19.9 Å². The van der Waals surface area contributed by atoms with Crippen molar-refractivity contribution in [2.75, 3.05) is 18.5 Å². The monoisotopic (exact) mass is 267 g/mol. The number of hydrogen-bond donors (Lipinski definition) is 2. The molecule has 102 valence electrons. The molecule has 2 aliphatic heterocycles. The van der Waals surface area contributed by atoms with Crippen molar-refractivity contribution in [2.24, 2.45) is 0 Å². The van der Waals surface area contributed by atoms with E-state index in [1.165, 1.54) is 5.56 Å². The lowest BCUT2D eigenvalue weighted by atomic mass is 10.1. The Balaban J connectivity index is 1.93. The Kier molecular flexibility index (Phi) is 2.65. The van der Waals surface area contributed by atoms with E-state index >= 15 is 0 Å². The highest BCUT2D eigenvalue weighted by Gasteiger charge is 2.38. The highest BCUT2D eigenvalue weighted by Crippen LogP contribution is 2.45. The number of rotatable bonds is 1. The fourth-order valence-electron chi connectivity index (χ4n) is 3.13. The Morgan fingerprint density at radius 1 is 1.10 bits per heavy atom. The zero-order chi connectivity index (χ0) is 13.5. The van der Waals surface area contributed by atoms with Crippen LogP contribution in [0.2, 0.25) is 0 Å². The van der Waals surface area contributed by atoms with Gasteiger partial charge in [0, 0.05) is 12.1 Å². The van der Waals surface area contributed by atoms with Crippen LogP contribution < -0.4 is 20.3 Å². The van der Waals surface area contributed by atoms with Gasteiger partial charge in [-0.3, -0.25) is 10.6 Å². The first-order chi connectivity index (χ1) is 9.88. The summed E-state index contributed by atoms with van der Waals surface area (Å²) in [6, 6.07) is 16.8. The SMILES string of the molecule is CNC1NCC2c3ccccc3Oc3ccccc3N12. The summed E-state index contributed by atoms with van der Waals surface area (Å²) in [7, 11) is 1.97. The molecule has 2 aromatic rings. The molecule has 2 aliphatic rings. The summed E-state index contributed by atoms with van der Waals surface area (Å²) in [6.07, 6.45) is 0.121. The van der Waals surface area contributed by atoms with Gasteiger partial charge in [0.1, 0.15) is 12.0 Å². The molecule has 20 heavy (non-hydrogen) atoms. The maximum Gasteiger partial charge on any atom is 0.150 e. The first-order valence-electron chi connectivity index (χ1n) is 6.93. The zero-order valence-electron chi connectivity index (χ0n) is 11.3. The van der Waals surface area contributed by atoms with Crippen molar-refractivity contribution < 1.29 is 4.74 Å². The maximum absolute atomic E-state index is 6.13. The second-order valence-electron chi connectivity index (χ2n) is 5.13. The molecule has 0 bridgehead atoms. The van der Waals surface area contributed by atoms with Gasteiger partial charge < -0.3 is 9.64 Å². The molecule has 0 amide bonds. The predicted octanol–water partition coefficient (Wildman–Crippen LogP) is 2.45. The molecule has 4 nitrogen and oxygen atoms in total. The van der Waals surface area contributed by atoms with E-state index in [9.17, 15) is 0 Å². The Bertz CT molecular complexity index is 643. The van der Waals surface area contributed by atoms with E-state index in [0.29, 0.717) is 0 Å². The molecule has 2 unspecified atom stereocenters.